The van der Waals surface area contributed by atoms with Gasteiger partial charge in [0.05, 0.1) is 19.6 Å². The summed E-state index contributed by atoms with van der Waals surface area (Å²) in [6, 6.07) is 6.88. The Morgan fingerprint density at radius 2 is 2.30 bits per heavy atom. The monoisotopic (exact) mass is 279 g/mol. The second kappa shape index (κ2) is 6.91. The Morgan fingerprint density at radius 3 is 3.00 bits per heavy atom. The molecule has 108 valence electrons. The van der Waals surface area contributed by atoms with Crippen LogP contribution in [0.3, 0.4) is 0 Å². The highest BCUT2D eigenvalue weighted by molar-refractivity contribution is 5.92. The van der Waals surface area contributed by atoms with Crippen molar-refractivity contribution in [2.24, 2.45) is 5.92 Å². The van der Waals surface area contributed by atoms with E-state index in [-0.39, 0.29) is 18.4 Å². The number of rotatable bonds is 5. The van der Waals surface area contributed by atoms with Gasteiger partial charge < -0.3 is 19.5 Å². The average molecular weight is 279 g/mol. The lowest BCUT2D eigenvalue weighted by Crippen LogP contribution is -2.22. The van der Waals surface area contributed by atoms with Gasteiger partial charge in [-0.3, -0.25) is 4.79 Å². The lowest BCUT2D eigenvalue weighted by atomic mass is 10.1. The van der Waals surface area contributed by atoms with Gasteiger partial charge in [0.2, 0.25) is 5.91 Å². The van der Waals surface area contributed by atoms with Crippen LogP contribution in [-0.4, -0.2) is 38.8 Å². The number of anilines is 1. The van der Waals surface area contributed by atoms with Gasteiger partial charge >= 0.3 is 5.97 Å². The molecular formula is C14H17NO5. The molecule has 1 atom stereocenters. The number of carbonyl (C=O) groups is 2. The molecule has 0 saturated carbocycles. The van der Waals surface area contributed by atoms with Crippen molar-refractivity contribution in [1.82, 2.24) is 0 Å². The van der Waals surface area contributed by atoms with Gasteiger partial charge in [-0.25, -0.2) is 4.79 Å². The summed E-state index contributed by atoms with van der Waals surface area (Å²) in [6.45, 7) is 0.926. The highest BCUT2D eigenvalue weighted by Gasteiger charge is 2.23. The molecule has 0 radical (unpaired) electrons. The Labute approximate surface area is 117 Å². The molecule has 1 unspecified atom stereocenters. The summed E-state index contributed by atoms with van der Waals surface area (Å²) in [5.74, 6) is -0.124. The molecule has 1 heterocycles. The third kappa shape index (κ3) is 3.96. The third-order valence-corrected chi connectivity index (χ3v) is 2.99. The number of hydrogen-bond donors (Lipinski definition) is 1. The largest absolute Gasteiger partial charge is 0.482 e. The van der Waals surface area contributed by atoms with Gasteiger partial charge in [0.1, 0.15) is 5.75 Å². The molecule has 1 saturated heterocycles. The Bertz CT molecular complexity index is 482. The van der Waals surface area contributed by atoms with Crippen molar-refractivity contribution < 1.29 is 23.8 Å². The lowest BCUT2D eigenvalue weighted by molar-refractivity contribution is -0.142. The first kappa shape index (κ1) is 14.3. The Balaban J connectivity index is 1.91. The molecule has 6 heteroatoms. The van der Waals surface area contributed by atoms with E-state index in [0.717, 1.165) is 6.42 Å². The maximum absolute atomic E-state index is 11.9. The molecule has 1 N–H and O–H groups in total. The molecule has 2 rings (SSSR count). The van der Waals surface area contributed by atoms with E-state index >= 15 is 0 Å². The highest BCUT2D eigenvalue weighted by atomic mass is 16.6. The molecule has 0 aromatic heterocycles. The maximum Gasteiger partial charge on any atom is 0.343 e. The van der Waals surface area contributed by atoms with Crippen LogP contribution in [0.15, 0.2) is 24.3 Å². The van der Waals surface area contributed by atoms with Crippen LogP contribution < -0.4 is 10.1 Å². The van der Waals surface area contributed by atoms with Gasteiger partial charge in [-0.1, -0.05) is 6.07 Å². The Morgan fingerprint density at radius 1 is 1.45 bits per heavy atom. The van der Waals surface area contributed by atoms with Gasteiger partial charge in [0.25, 0.3) is 0 Å². The molecule has 1 fully saturated rings. The van der Waals surface area contributed by atoms with Crippen LogP contribution in [-0.2, 0) is 19.1 Å². The molecule has 0 spiro atoms. The van der Waals surface area contributed by atoms with Gasteiger partial charge in [-0.15, -0.1) is 0 Å². The minimum Gasteiger partial charge on any atom is -0.482 e. The van der Waals surface area contributed by atoms with Crippen molar-refractivity contribution in [3.05, 3.63) is 24.3 Å². The summed E-state index contributed by atoms with van der Waals surface area (Å²) >= 11 is 0. The SMILES string of the molecule is COC(=O)COc1cccc(NC(=O)C2CCOC2)c1. The van der Waals surface area contributed by atoms with Gasteiger partial charge in [-0.05, 0) is 18.6 Å². The number of ether oxygens (including phenoxy) is 3. The number of hydrogen-bond acceptors (Lipinski definition) is 5. The molecule has 1 aliphatic heterocycles. The number of carbonyl (C=O) groups excluding carboxylic acids is 2. The van der Waals surface area contributed by atoms with Crippen LogP contribution in [0, 0.1) is 5.92 Å². The predicted molar refractivity (Wildman–Crippen MR) is 71.5 cm³/mol. The zero-order valence-electron chi connectivity index (χ0n) is 11.3. The zero-order chi connectivity index (χ0) is 14.4. The van der Waals surface area contributed by atoms with Crippen LogP contribution in [0.5, 0.6) is 5.75 Å². The van der Waals surface area contributed by atoms with Crippen LogP contribution in [0.1, 0.15) is 6.42 Å². The number of nitrogens with one attached hydrogen (secondary N) is 1. The minimum atomic E-state index is -0.456. The number of esters is 1. The van der Waals surface area contributed by atoms with Crippen molar-refractivity contribution in [3.8, 4) is 5.75 Å². The van der Waals surface area contributed by atoms with Crippen LogP contribution >= 0.6 is 0 Å². The molecule has 1 aromatic rings. The van der Waals surface area contributed by atoms with E-state index in [1.165, 1.54) is 7.11 Å². The summed E-state index contributed by atoms with van der Waals surface area (Å²) in [5, 5.41) is 2.81. The topological polar surface area (TPSA) is 73.9 Å². The van der Waals surface area contributed by atoms with E-state index in [4.69, 9.17) is 9.47 Å². The van der Waals surface area contributed by atoms with E-state index < -0.39 is 5.97 Å². The average Bonchev–Trinajstić information content (AvgIpc) is 2.99. The molecule has 20 heavy (non-hydrogen) atoms. The molecule has 6 nitrogen and oxygen atoms in total. The fraction of sp³-hybridized carbons (Fsp3) is 0.429. The normalized spacial score (nSPS) is 17.6. The number of amides is 1. The minimum absolute atomic E-state index is 0.0624. The molecule has 0 aliphatic carbocycles. The Hall–Kier alpha value is -2.08. The smallest absolute Gasteiger partial charge is 0.343 e. The second-order valence-corrected chi connectivity index (χ2v) is 4.44. The van der Waals surface area contributed by atoms with Crippen LogP contribution in [0.2, 0.25) is 0 Å². The quantitative estimate of drug-likeness (QED) is 0.820. The lowest BCUT2D eigenvalue weighted by Gasteiger charge is -2.11. The van der Waals surface area contributed by atoms with E-state index in [2.05, 4.69) is 10.1 Å². The van der Waals surface area contributed by atoms with Gasteiger partial charge in [0, 0.05) is 18.4 Å². The van der Waals surface area contributed by atoms with E-state index in [1.54, 1.807) is 24.3 Å². The fourth-order valence-corrected chi connectivity index (χ4v) is 1.85. The number of methoxy groups -OCH3 is 1. The van der Waals surface area contributed by atoms with Crippen molar-refractivity contribution >= 4 is 17.6 Å². The van der Waals surface area contributed by atoms with Crippen molar-refractivity contribution in [2.75, 3.05) is 32.2 Å². The number of benzene rings is 1. The summed E-state index contributed by atoms with van der Waals surface area (Å²) in [6.07, 6.45) is 0.740. The molecular weight excluding hydrogens is 262 g/mol. The summed E-state index contributed by atoms with van der Waals surface area (Å²) < 4.78 is 14.9. The van der Waals surface area contributed by atoms with Crippen molar-refractivity contribution in [3.63, 3.8) is 0 Å². The first-order valence-electron chi connectivity index (χ1n) is 6.37. The van der Waals surface area contributed by atoms with E-state index in [0.29, 0.717) is 24.7 Å². The summed E-state index contributed by atoms with van der Waals surface area (Å²) in [4.78, 5) is 22.9. The van der Waals surface area contributed by atoms with E-state index in [1.807, 2.05) is 0 Å². The van der Waals surface area contributed by atoms with Crippen molar-refractivity contribution in [2.45, 2.75) is 6.42 Å². The zero-order valence-corrected chi connectivity index (χ0v) is 11.3. The van der Waals surface area contributed by atoms with Crippen LogP contribution in [0.4, 0.5) is 5.69 Å². The van der Waals surface area contributed by atoms with Gasteiger partial charge in [0.15, 0.2) is 6.61 Å². The Kier molecular flexibility index (Phi) is 4.95. The summed E-state index contributed by atoms with van der Waals surface area (Å²) in [7, 11) is 1.30. The molecule has 1 amide bonds. The van der Waals surface area contributed by atoms with E-state index in [9.17, 15) is 9.59 Å². The molecule has 0 bridgehead atoms. The second-order valence-electron chi connectivity index (χ2n) is 4.44. The first-order valence-corrected chi connectivity index (χ1v) is 6.37. The summed E-state index contributed by atoms with van der Waals surface area (Å²) in [5.41, 5.74) is 0.629. The fourth-order valence-electron chi connectivity index (χ4n) is 1.85. The highest BCUT2D eigenvalue weighted by Crippen LogP contribution is 2.20. The van der Waals surface area contributed by atoms with Crippen molar-refractivity contribution in [1.29, 1.82) is 0 Å². The van der Waals surface area contributed by atoms with Crippen LogP contribution in [0.25, 0.3) is 0 Å². The first-order chi connectivity index (χ1) is 9.69. The maximum atomic E-state index is 11.9. The standard InChI is InChI=1S/C14H17NO5/c1-18-13(16)9-20-12-4-2-3-11(7-12)15-14(17)10-5-6-19-8-10/h2-4,7,10H,5-6,8-9H2,1H3,(H,15,17). The molecule has 1 aromatic carbocycles. The predicted octanol–water partition coefficient (Wildman–Crippen LogP) is 1.21. The van der Waals surface area contributed by atoms with Gasteiger partial charge in [-0.2, -0.15) is 0 Å². The third-order valence-electron chi connectivity index (χ3n) is 2.99. The molecule has 1 aliphatic rings.